The van der Waals surface area contributed by atoms with Crippen molar-refractivity contribution in [1.82, 2.24) is 14.7 Å². The lowest BCUT2D eigenvalue weighted by molar-refractivity contribution is -0.130. The zero-order valence-corrected chi connectivity index (χ0v) is 11.6. The molecule has 19 heavy (non-hydrogen) atoms. The van der Waals surface area contributed by atoms with Gasteiger partial charge in [-0.1, -0.05) is 11.6 Å². The molecule has 0 aromatic carbocycles. The van der Waals surface area contributed by atoms with Crippen LogP contribution in [0.5, 0.6) is 0 Å². The predicted molar refractivity (Wildman–Crippen MR) is 72.6 cm³/mol. The maximum absolute atomic E-state index is 12.2. The highest BCUT2D eigenvalue weighted by Gasteiger charge is 2.41. The van der Waals surface area contributed by atoms with Gasteiger partial charge in [0.05, 0.1) is 11.2 Å². The van der Waals surface area contributed by atoms with Gasteiger partial charge in [-0.2, -0.15) is 5.10 Å². The molecule has 5 nitrogen and oxygen atoms in total. The van der Waals surface area contributed by atoms with Crippen molar-refractivity contribution in [3.63, 3.8) is 0 Å². The van der Waals surface area contributed by atoms with Gasteiger partial charge in [0.2, 0.25) is 5.91 Å². The largest absolute Gasteiger partial charge is 0.341 e. The second-order valence-electron chi connectivity index (χ2n) is 5.64. The number of nitrogens with two attached hydrogens (primary N) is 1. The number of hydrogen-bond acceptors (Lipinski definition) is 3. The van der Waals surface area contributed by atoms with Crippen molar-refractivity contribution < 1.29 is 4.79 Å². The van der Waals surface area contributed by atoms with Crippen LogP contribution in [0.1, 0.15) is 19.3 Å². The fraction of sp³-hybridized carbons (Fsp3) is 0.692. The van der Waals surface area contributed by atoms with Crippen molar-refractivity contribution in [2.24, 2.45) is 17.6 Å². The lowest BCUT2D eigenvalue weighted by atomic mass is 9.99. The molecule has 2 atom stereocenters. The highest BCUT2D eigenvalue weighted by Crippen LogP contribution is 2.40. The molecule has 1 aromatic rings. The van der Waals surface area contributed by atoms with Gasteiger partial charge in [-0.3, -0.25) is 9.48 Å². The summed E-state index contributed by atoms with van der Waals surface area (Å²) in [6, 6.07) is 0.163. The van der Waals surface area contributed by atoms with E-state index in [1.165, 1.54) is 12.8 Å². The Morgan fingerprint density at radius 1 is 1.47 bits per heavy atom. The summed E-state index contributed by atoms with van der Waals surface area (Å²) in [5.74, 6) is 1.45. The minimum atomic E-state index is 0.163. The summed E-state index contributed by atoms with van der Waals surface area (Å²) in [6.45, 7) is 2.12. The van der Waals surface area contributed by atoms with Crippen LogP contribution in [0, 0.1) is 11.8 Å². The lowest BCUT2D eigenvalue weighted by Crippen LogP contribution is -2.32. The Labute approximate surface area is 117 Å². The van der Waals surface area contributed by atoms with E-state index in [1.54, 1.807) is 17.1 Å². The van der Waals surface area contributed by atoms with E-state index in [4.69, 9.17) is 17.3 Å². The summed E-state index contributed by atoms with van der Waals surface area (Å²) in [6.07, 6.45) is 6.35. The van der Waals surface area contributed by atoms with Gasteiger partial charge in [0.25, 0.3) is 0 Å². The number of carbonyl (C=O) groups excluding carboxylic acids is 1. The van der Waals surface area contributed by atoms with Crippen molar-refractivity contribution >= 4 is 17.5 Å². The second kappa shape index (κ2) is 5.13. The number of aromatic nitrogens is 2. The molecule has 1 aromatic heterocycles. The molecule has 1 aliphatic heterocycles. The monoisotopic (exact) mass is 282 g/mol. The molecule has 0 bridgehead atoms. The third-order valence-electron chi connectivity index (χ3n) is 4.15. The number of rotatable bonds is 4. The number of aryl methyl sites for hydroxylation is 1. The van der Waals surface area contributed by atoms with E-state index in [0.29, 0.717) is 30.5 Å². The van der Waals surface area contributed by atoms with Crippen LogP contribution in [0.2, 0.25) is 5.02 Å². The minimum absolute atomic E-state index is 0.163. The zero-order valence-electron chi connectivity index (χ0n) is 10.8. The van der Waals surface area contributed by atoms with Crippen molar-refractivity contribution in [3.8, 4) is 0 Å². The first-order valence-electron chi connectivity index (χ1n) is 6.85. The van der Waals surface area contributed by atoms with E-state index in [0.717, 1.165) is 12.5 Å². The quantitative estimate of drug-likeness (QED) is 0.900. The fourth-order valence-corrected chi connectivity index (χ4v) is 3.07. The molecule has 1 saturated carbocycles. The maximum Gasteiger partial charge on any atom is 0.224 e. The SMILES string of the molecule is N[C@@H]1CN(C(=O)CCn2cc(Cl)cn2)C[C@H]1C1CC1. The zero-order chi connectivity index (χ0) is 13.4. The van der Waals surface area contributed by atoms with Gasteiger partial charge in [-0.25, -0.2) is 0 Å². The van der Waals surface area contributed by atoms with Crippen LogP contribution in [0.25, 0.3) is 0 Å². The Balaban J connectivity index is 1.50. The maximum atomic E-state index is 12.2. The lowest BCUT2D eigenvalue weighted by Gasteiger charge is -2.16. The number of halogens is 1. The van der Waals surface area contributed by atoms with Gasteiger partial charge in [0.15, 0.2) is 0 Å². The number of carbonyl (C=O) groups is 1. The Morgan fingerprint density at radius 2 is 2.26 bits per heavy atom. The third kappa shape index (κ3) is 2.92. The molecule has 104 valence electrons. The standard InChI is InChI=1S/C13H19ClN4O/c14-10-5-16-18(6-10)4-3-13(19)17-7-11(9-1-2-9)12(15)8-17/h5-6,9,11-12H,1-4,7-8,15H2/t11-,12+/m0/s1. The molecule has 2 heterocycles. The summed E-state index contributed by atoms with van der Waals surface area (Å²) in [5, 5.41) is 4.67. The molecule has 2 fully saturated rings. The smallest absolute Gasteiger partial charge is 0.224 e. The fourth-order valence-electron chi connectivity index (χ4n) is 2.91. The molecule has 6 heteroatoms. The molecule has 0 radical (unpaired) electrons. The summed E-state index contributed by atoms with van der Waals surface area (Å²) in [5.41, 5.74) is 6.13. The Bertz CT molecular complexity index is 471. The molecule has 2 N–H and O–H groups in total. The molecular formula is C13H19ClN4O. The first-order valence-corrected chi connectivity index (χ1v) is 7.22. The van der Waals surface area contributed by atoms with E-state index in [1.807, 2.05) is 4.90 Å². The Kier molecular flexibility index (Phi) is 3.50. The van der Waals surface area contributed by atoms with Crippen LogP contribution >= 0.6 is 11.6 Å². The van der Waals surface area contributed by atoms with E-state index >= 15 is 0 Å². The van der Waals surface area contributed by atoms with Crippen molar-refractivity contribution in [1.29, 1.82) is 0 Å². The number of likely N-dealkylation sites (tertiary alicyclic amines) is 1. The molecule has 0 unspecified atom stereocenters. The van der Waals surface area contributed by atoms with Gasteiger partial charge in [-0.15, -0.1) is 0 Å². The number of amides is 1. The Hall–Kier alpha value is -1.07. The van der Waals surface area contributed by atoms with Gasteiger partial charge in [-0.05, 0) is 24.7 Å². The van der Waals surface area contributed by atoms with E-state index in [2.05, 4.69) is 5.10 Å². The van der Waals surface area contributed by atoms with Crippen LogP contribution in [0.3, 0.4) is 0 Å². The van der Waals surface area contributed by atoms with Gasteiger partial charge >= 0.3 is 0 Å². The molecule has 2 aliphatic rings. The second-order valence-corrected chi connectivity index (χ2v) is 6.07. The van der Waals surface area contributed by atoms with E-state index < -0.39 is 0 Å². The third-order valence-corrected chi connectivity index (χ3v) is 4.34. The number of nitrogens with zero attached hydrogens (tertiary/aromatic N) is 3. The normalized spacial score (nSPS) is 26.9. The molecule has 1 saturated heterocycles. The van der Waals surface area contributed by atoms with Crippen LogP contribution in [-0.4, -0.2) is 39.7 Å². The summed E-state index contributed by atoms with van der Waals surface area (Å²) in [4.78, 5) is 14.1. The average molecular weight is 283 g/mol. The van der Waals surface area contributed by atoms with Gasteiger partial charge in [0.1, 0.15) is 0 Å². The highest BCUT2D eigenvalue weighted by atomic mass is 35.5. The van der Waals surface area contributed by atoms with Crippen molar-refractivity contribution in [2.45, 2.75) is 31.8 Å². The predicted octanol–water partition coefficient (Wildman–Crippen LogP) is 1.12. The minimum Gasteiger partial charge on any atom is -0.341 e. The van der Waals surface area contributed by atoms with Gasteiger partial charge < -0.3 is 10.6 Å². The molecule has 1 aliphatic carbocycles. The molecular weight excluding hydrogens is 264 g/mol. The van der Waals surface area contributed by atoms with Gasteiger partial charge in [0, 0.05) is 38.3 Å². The van der Waals surface area contributed by atoms with Crippen molar-refractivity contribution in [3.05, 3.63) is 17.4 Å². The molecule has 1 amide bonds. The number of hydrogen-bond donors (Lipinski definition) is 1. The summed E-state index contributed by atoms with van der Waals surface area (Å²) < 4.78 is 1.70. The Morgan fingerprint density at radius 3 is 2.89 bits per heavy atom. The first-order chi connectivity index (χ1) is 9.13. The van der Waals surface area contributed by atoms with Crippen LogP contribution < -0.4 is 5.73 Å². The van der Waals surface area contributed by atoms with E-state index in [9.17, 15) is 4.79 Å². The molecule has 3 rings (SSSR count). The highest BCUT2D eigenvalue weighted by molar-refractivity contribution is 6.30. The topological polar surface area (TPSA) is 64.2 Å². The molecule has 0 spiro atoms. The van der Waals surface area contributed by atoms with E-state index in [-0.39, 0.29) is 11.9 Å². The van der Waals surface area contributed by atoms with Crippen LogP contribution in [0.15, 0.2) is 12.4 Å². The average Bonchev–Trinajstić information content (AvgIpc) is 3.03. The summed E-state index contributed by atoms with van der Waals surface area (Å²) in [7, 11) is 0. The van der Waals surface area contributed by atoms with Crippen molar-refractivity contribution in [2.75, 3.05) is 13.1 Å². The first kappa shape index (κ1) is 12.9. The van der Waals surface area contributed by atoms with Crippen LogP contribution in [-0.2, 0) is 11.3 Å². The van der Waals surface area contributed by atoms with Crippen LogP contribution in [0.4, 0.5) is 0 Å². The summed E-state index contributed by atoms with van der Waals surface area (Å²) >= 11 is 5.79.